The van der Waals surface area contributed by atoms with Gasteiger partial charge in [0.25, 0.3) is 5.91 Å². The molecule has 0 radical (unpaired) electrons. The summed E-state index contributed by atoms with van der Waals surface area (Å²) in [5, 5.41) is 14.8. The average Bonchev–Trinajstić information content (AvgIpc) is 3.04. The van der Waals surface area contributed by atoms with Crippen molar-refractivity contribution in [2.75, 3.05) is 32.6 Å². The van der Waals surface area contributed by atoms with E-state index in [4.69, 9.17) is 21.1 Å². The van der Waals surface area contributed by atoms with Crippen LogP contribution in [0.5, 0.6) is 11.5 Å². The van der Waals surface area contributed by atoms with Crippen LogP contribution in [0.2, 0.25) is 5.02 Å². The molecule has 0 saturated carbocycles. The minimum absolute atomic E-state index is 0. The van der Waals surface area contributed by atoms with Crippen LogP contribution in [0.3, 0.4) is 0 Å². The average molecular weight is 416 g/mol. The van der Waals surface area contributed by atoms with Crippen molar-refractivity contribution in [2.45, 2.75) is 25.8 Å². The lowest BCUT2D eigenvalue weighted by Crippen LogP contribution is -2.30. The molecule has 10 heteroatoms. The normalized spacial score (nSPS) is 14.4. The van der Waals surface area contributed by atoms with E-state index in [0.717, 1.165) is 31.6 Å². The molecule has 148 valence electrons. The summed E-state index contributed by atoms with van der Waals surface area (Å²) in [6, 6.07) is 3.47. The van der Waals surface area contributed by atoms with E-state index in [2.05, 4.69) is 20.9 Å². The molecule has 1 saturated heterocycles. The number of nitrogens with one attached hydrogen (secondary N) is 2. The number of methoxy groups -OCH3 is 2. The van der Waals surface area contributed by atoms with Crippen molar-refractivity contribution in [2.24, 2.45) is 0 Å². The number of anilines is 1. The standard InChI is InChI=1S/C17H22ClN5O3.ClH/c1-10-16(21-22-23(10)11-4-6-19-7-5-11)17(24)20-13-8-12(18)14(25-2)9-15(13)26-3;/h8-9,11,19H,4-7H2,1-3H3,(H,20,24);1H. The van der Waals surface area contributed by atoms with Crippen molar-refractivity contribution in [1.82, 2.24) is 20.3 Å². The van der Waals surface area contributed by atoms with Crippen LogP contribution >= 0.6 is 24.0 Å². The van der Waals surface area contributed by atoms with Crippen molar-refractivity contribution in [3.8, 4) is 11.5 Å². The van der Waals surface area contributed by atoms with Gasteiger partial charge in [-0.15, -0.1) is 17.5 Å². The van der Waals surface area contributed by atoms with Crippen LogP contribution < -0.4 is 20.1 Å². The molecule has 27 heavy (non-hydrogen) atoms. The number of piperidine rings is 1. The van der Waals surface area contributed by atoms with E-state index in [1.54, 1.807) is 12.1 Å². The van der Waals surface area contributed by atoms with Crippen molar-refractivity contribution < 1.29 is 14.3 Å². The Kier molecular flexibility index (Phi) is 7.29. The van der Waals surface area contributed by atoms with Crippen molar-refractivity contribution >= 4 is 35.6 Å². The zero-order valence-electron chi connectivity index (χ0n) is 15.4. The second kappa shape index (κ2) is 9.25. The Morgan fingerprint density at radius 1 is 1.26 bits per heavy atom. The predicted molar refractivity (Wildman–Crippen MR) is 106 cm³/mol. The van der Waals surface area contributed by atoms with E-state index in [-0.39, 0.29) is 30.0 Å². The minimum Gasteiger partial charge on any atom is -0.495 e. The third-order valence-electron chi connectivity index (χ3n) is 4.52. The summed E-state index contributed by atoms with van der Waals surface area (Å²) < 4.78 is 12.3. The lowest BCUT2D eigenvalue weighted by Gasteiger charge is -2.23. The summed E-state index contributed by atoms with van der Waals surface area (Å²) in [5.74, 6) is 0.555. The molecule has 2 N–H and O–H groups in total. The lowest BCUT2D eigenvalue weighted by atomic mass is 10.1. The summed E-state index contributed by atoms with van der Waals surface area (Å²) in [6.07, 6.45) is 1.93. The Labute approximate surface area is 169 Å². The van der Waals surface area contributed by atoms with Crippen LogP contribution in [-0.2, 0) is 0 Å². The molecule has 8 nitrogen and oxygen atoms in total. The molecule has 0 unspecified atom stereocenters. The Morgan fingerprint density at radius 2 is 1.93 bits per heavy atom. The number of carbonyl (C=O) groups excluding carboxylic acids is 1. The largest absolute Gasteiger partial charge is 0.495 e. The molecule has 0 spiro atoms. The highest BCUT2D eigenvalue weighted by Crippen LogP contribution is 2.36. The van der Waals surface area contributed by atoms with Gasteiger partial charge in [0.05, 0.1) is 36.7 Å². The fraction of sp³-hybridized carbons (Fsp3) is 0.471. The molecule has 0 atom stereocenters. The van der Waals surface area contributed by atoms with Crippen LogP contribution in [0.4, 0.5) is 5.69 Å². The van der Waals surface area contributed by atoms with Gasteiger partial charge in [0.2, 0.25) is 0 Å². The fourth-order valence-corrected chi connectivity index (χ4v) is 3.33. The minimum atomic E-state index is -0.359. The molecule has 3 rings (SSSR count). The van der Waals surface area contributed by atoms with E-state index < -0.39 is 0 Å². The number of carbonyl (C=O) groups is 1. The highest BCUT2D eigenvalue weighted by atomic mass is 35.5. The molecule has 1 amide bonds. The molecule has 2 heterocycles. The quantitative estimate of drug-likeness (QED) is 0.779. The molecule has 0 aliphatic carbocycles. The Hall–Kier alpha value is -2.03. The van der Waals surface area contributed by atoms with Crippen LogP contribution in [0, 0.1) is 6.92 Å². The Morgan fingerprint density at radius 3 is 2.56 bits per heavy atom. The monoisotopic (exact) mass is 415 g/mol. The van der Waals surface area contributed by atoms with Gasteiger partial charge in [-0.2, -0.15) is 0 Å². The third-order valence-corrected chi connectivity index (χ3v) is 4.81. The number of ether oxygens (including phenoxy) is 2. The zero-order valence-corrected chi connectivity index (χ0v) is 17.0. The number of amides is 1. The molecule has 1 aromatic carbocycles. The van der Waals surface area contributed by atoms with E-state index in [0.29, 0.717) is 22.2 Å². The molecule has 2 aromatic rings. The summed E-state index contributed by atoms with van der Waals surface area (Å²) in [4.78, 5) is 12.7. The van der Waals surface area contributed by atoms with Crippen LogP contribution in [0.15, 0.2) is 12.1 Å². The van der Waals surface area contributed by atoms with Crippen LogP contribution in [0.1, 0.15) is 35.1 Å². The van der Waals surface area contributed by atoms with Gasteiger partial charge < -0.3 is 20.1 Å². The van der Waals surface area contributed by atoms with Crippen molar-refractivity contribution in [3.63, 3.8) is 0 Å². The number of benzene rings is 1. The topological polar surface area (TPSA) is 90.3 Å². The SMILES string of the molecule is COc1cc(OC)c(NC(=O)c2nnn(C3CCNCC3)c2C)cc1Cl.Cl. The number of aromatic nitrogens is 3. The highest BCUT2D eigenvalue weighted by molar-refractivity contribution is 6.32. The van der Waals surface area contributed by atoms with Gasteiger partial charge >= 0.3 is 0 Å². The van der Waals surface area contributed by atoms with Gasteiger partial charge in [0.1, 0.15) is 11.5 Å². The lowest BCUT2D eigenvalue weighted by molar-refractivity contribution is 0.102. The van der Waals surface area contributed by atoms with Crippen molar-refractivity contribution in [3.05, 3.63) is 28.5 Å². The summed E-state index contributed by atoms with van der Waals surface area (Å²) in [7, 11) is 3.03. The van der Waals surface area contributed by atoms with E-state index in [9.17, 15) is 4.79 Å². The molecule has 1 aromatic heterocycles. The second-order valence-electron chi connectivity index (χ2n) is 6.09. The van der Waals surface area contributed by atoms with E-state index >= 15 is 0 Å². The van der Waals surface area contributed by atoms with Gasteiger partial charge in [-0.1, -0.05) is 16.8 Å². The van der Waals surface area contributed by atoms with Gasteiger partial charge in [-0.3, -0.25) is 4.79 Å². The highest BCUT2D eigenvalue weighted by Gasteiger charge is 2.23. The maximum Gasteiger partial charge on any atom is 0.278 e. The number of halogens is 2. The van der Waals surface area contributed by atoms with Gasteiger partial charge in [-0.25, -0.2) is 4.68 Å². The first-order valence-electron chi connectivity index (χ1n) is 8.40. The van der Waals surface area contributed by atoms with Gasteiger partial charge in [-0.05, 0) is 38.9 Å². The summed E-state index contributed by atoms with van der Waals surface area (Å²) >= 11 is 6.16. The van der Waals surface area contributed by atoms with Crippen LogP contribution in [-0.4, -0.2) is 48.2 Å². The molecule has 1 aliphatic heterocycles. The smallest absolute Gasteiger partial charge is 0.278 e. The van der Waals surface area contributed by atoms with E-state index in [1.165, 1.54) is 14.2 Å². The summed E-state index contributed by atoms with van der Waals surface area (Å²) in [5.41, 5.74) is 1.48. The first kappa shape index (κ1) is 21.3. The second-order valence-corrected chi connectivity index (χ2v) is 6.50. The Bertz CT molecular complexity index is 806. The molecule has 1 fully saturated rings. The first-order chi connectivity index (χ1) is 12.5. The molecule has 0 bridgehead atoms. The predicted octanol–water partition coefficient (Wildman–Crippen LogP) is 2.86. The number of hydrogen-bond donors (Lipinski definition) is 2. The van der Waals surface area contributed by atoms with Crippen LogP contribution in [0.25, 0.3) is 0 Å². The fourth-order valence-electron chi connectivity index (χ4n) is 3.09. The number of rotatable bonds is 5. The summed E-state index contributed by atoms with van der Waals surface area (Å²) in [6.45, 7) is 3.73. The van der Waals surface area contributed by atoms with Gasteiger partial charge in [0, 0.05) is 6.07 Å². The molecule has 1 aliphatic rings. The third kappa shape index (κ3) is 4.45. The number of nitrogens with zero attached hydrogens (tertiary/aromatic N) is 3. The molecular formula is C17H23Cl2N5O3. The zero-order chi connectivity index (χ0) is 18.7. The Balaban J connectivity index is 0.00000261. The first-order valence-corrected chi connectivity index (χ1v) is 8.78. The maximum atomic E-state index is 12.7. The molecular weight excluding hydrogens is 393 g/mol. The van der Waals surface area contributed by atoms with E-state index in [1.807, 2.05) is 11.6 Å². The maximum absolute atomic E-state index is 12.7. The van der Waals surface area contributed by atoms with Gasteiger partial charge in [0.15, 0.2) is 5.69 Å². The van der Waals surface area contributed by atoms with Crippen molar-refractivity contribution in [1.29, 1.82) is 0 Å². The number of hydrogen-bond acceptors (Lipinski definition) is 6.